The Balaban J connectivity index is 1.48. The van der Waals surface area contributed by atoms with E-state index in [1.165, 1.54) is 0 Å². The number of fused-ring (bicyclic) bond motifs is 1. The molecule has 4 heterocycles. The molecule has 0 aliphatic rings. The van der Waals surface area contributed by atoms with E-state index in [0.717, 1.165) is 17.1 Å². The number of carbonyl (C=O) groups is 1. The second kappa shape index (κ2) is 8.28. The molecule has 1 N–H and O–H groups in total. The fourth-order valence-electron chi connectivity index (χ4n) is 3.28. The van der Waals surface area contributed by atoms with Gasteiger partial charge in [-0.15, -0.1) is 0 Å². The molecule has 152 valence electrons. The minimum absolute atomic E-state index is 0.115. The van der Waals surface area contributed by atoms with Gasteiger partial charge in [-0.3, -0.25) is 19.3 Å². The number of aromatic nitrogens is 5. The number of nitrogens with zero attached hydrogens (tertiary/aromatic N) is 5. The number of amides is 1. The number of hydrogen-bond acceptors (Lipinski definition) is 5. The highest BCUT2D eigenvalue weighted by atomic mass is 16.2. The highest BCUT2D eigenvalue weighted by molar-refractivity contribution is 5.96. The quantitative estimate of drug-likeness (QED) is 0.534. The van der Waals surface area contributed by atoms with Gasteiger partial charge in [0.15, 0.2) is 0 Å². The molecule has 0 fully saturated rings. The maximum absolute atomic E-state index is 12.8. The van der Waals surface area contributed by atoms with Gasteiger partial charge in [0.1, 0.15) is 16.9 Å². The molecule has 8 nitrogen and oxygen atoms in total. The van der Waals surface area contributed by atoms with E-state index in [0.29, 0.717) is 30.7 Å². The van der Waals surface area contributed by atoms with Crippen LogP contribution in [0.2, 0.25) is 0 Å². The van der Waals surface area contributed by atoms with Gasteiger partial charge in [0.05, 0.1) is 17.6 Å². The molecule has 0 atom stereocenters. The van der Waals surface area contributed by atoms with Crippen LogP contribution in [0.15, 0.2) is 59.8 Å². The lowest BCUT2D eigenvalue weighted by molar-refractivity contribution is 0.0950. The third-order valence-electron chi connectivity index (χ3n) is 4.84. The third-order valence-corrected chi connectivity index (χ3v) is 4.84. The van der Waals surface area contributed by atoms with E-state index in [1.807, 2.05) is 48.9 Å². The van der Waals surface area contributed by atoms with Gasteiger partial charge in [-0.2, -0.15) is 5.10 Å². The lowest BCUT2D eigenvalue weighted by Gasteiger charge is -2.11. The molecule has 0 aromatic carbocycles. The molecule has 1 amide bonds. The number of aryl methyl sites for hydroxylation is 2. The van der Waals surface area contributed by atoms with Gasteiger partial charge >= 0.3 is 0 Å². The first-order valence-corrected chi connectivity index (χ1v) is 9.80. The lowest BCUT2D eigenvalue weighted by Crippen LogP contribution is -2.32. The maximum atomic E-state index is 12.8. The number of pyridine rings is 3. The lowest BCUT2D eigenvalue weighted by atomic mass is 10.1. The molecule has 0 aliphatic carbocycles. The van der Waals surface area contributed by atoms with Crippen molar-refractivity contribution in [2.45, 2.75) is 26.9 Å². The summed E-state index contributed by atoms with van der Waals surface area (Å²) in [4.78, 5) is 34.2. The van der Waals surface area contributed by atoms with Crippen LogP contribution < -0.4 is 10.7 Å². The van der Waals surface area contributed by atoms with Gasteiger partial charge in [0.25, 0.3) is 5.91 Å². The summed E-state index contributed by atoms with van der Waals surface area (Å²) in [5.74, 6) is -0.401. The molecule has 30 heavy (non-hydrogen) atoms. The SMILES string of the molecule is CCn1cc(C(=O)NCCn2ccc(-c3ccccn3)n2)c(=O)c2ccc(C)nc21. The average Bonchev–Trinajstić information content (AvgIpc) is 3.23. The van der Waals surface area contributed by atoms with Gasteiger partial charge in [0.2, 0.25) is 5.43 Å². The molecule has 0 aliphatic heterocycles. The Morgan fingerprint density at radius 1 is 1.13 bits per heavy atom. The fourth-order valence-corrected chi connectivity index (χ4v) is 3.28. The summed E-state index contributed by atoms with van der Waals surface area (Å²) < 4.78 is 3.56. The first kappa shape index (κ1) is 19.5. The molecule has 0 bridgehead atoms. The summed E-state index contributed by atoms with van der Waals surface area (Å²) in [6.45, 7) is 5.26. The van der Waals surface area contributed by atoms with Gasteiger partial charge in [-0.05, 0) is 44.2 Å². The minimum Gasteiger partial charge on any atom is -0.350 e. The zero-order valence-electron chi connectivity index (χ0n) is 16.9. The van der Waals surface area contributed by atoms with Crippen molar-refractivity contribution in [2.75, 3.05) is 6.54 Å². The van der Waals surface area contributed by atoms with E-state index < -0.39 is 5.91 Å². The van der Waals surface area contributed by atoms with E-state index in [1.54, 1.807) is 29.2 Å². The molecule has 0 radical (unpaired) electrons. The van der Waals surface area contributed by atoms with Crippen LogP contribution in [0.5, 0.6) is 0 Å². The Hall–Kier alpha value is -3.81. The molecule has 4 aromatic heterocycles. The van der Waals surface area contributed by atoms with E-state index in [-0.39, 0.29) is 11.0 Å². The number of rotatable bonds is 6. The fraction of sp³-hybridized carbons (Fsp3) is 0.227. The second-order valence-electron chi connectivity index (χ2n) is 6.92. The van der Waals surface area contributed by atoms with Crippen LogP contribution in [0.25, 0.3) is 22.4 Å². The van der Waals surface area contributed by atoms with Crippen molar-refractivity contribution in [3.05, 3.63) is 76.5 Å². The number of nitrogens with one attached hydrogen (secondary N) is 1. The number of carbonyl (C=O) groups excluding carboxylic acids is 1. The smallest absolute Gasteiger partial charge is 0.256 e. The molecular weight excluding hydrogens is 380 g/mol. The maximum Gasteiger partial charge on any atom is 0.256 e. The van der Waals surface area contributed by atoms with Crippen LogP contribution in [-0.4, -0.2) is 36.8 Å². The van der Waals surface area contributed by atoms with Crippen molar-refractivity contribution in [1.29, 1.82) is 0 Å². The van der Waals surface area contributed by atoms with E-state index in [4.69, 9.17) is 0 Å². The van der Waals surface area contributed by atoms with Crippen molar-refractivity contribution in [3.8, 4) is 11.4 Å². The third kappa shape index (κ3) is 3.84. The Morgan fingerprint density at radius 2 is 2.00 bits per heavy atom. The zero-order chi connectivity index (χ0) is 21.1. The van der Waals surface area contributed by atoms with Crippen LogP contribution >= 0.6 is 0 Å². The van der Waals surface area contributed by atoms with Gasteiger partial charge in [-0.1, -0.05) is 6.07 Å². The summed E-state index contributed by atoms with van der Waals surface area (Å²) >= 11 is 0. The van der Waals surface area contributed by atoms with Gasteiger partial charge in [-0.25, -0.2) is 4.98 Å². The van der Waals surface area contributed by atoms with Crippen LogP contribution in [0.3, 0.4) is 0 Å². The molecular formula is C22H22N6O2. The van der Waals surface area contributed by atoms with Crippen molar-refractivity contribution in [2.24, 2.45) is 0 Å². The summed E-state index contributed by atoms with van der Waals surface area (Å²) in [6.07, 6.45) is 5.14. The Morgan fingerprint density at radius 3 is 2.77 bits per heavy atom. The summed E-state index contributed by atoms with van der Waals surface area (Å²) in [5.41, 5.74) is 2.79. The molecule has 0 spiro atoms. The molecule has 0 saturated carbocycles. The topological polar surface area (TPSA) is 94.7 Å². The highest BCUT2D eigenvalue weighted by Gasteiger charge is 2.16. The standard InChI is InChI=1S/C22H22N6O2/c1-3-27-14-17(20(29)16-8-7-15(2)25-21(16)27)22(30)24-11-13-28-12-9-19(26-28)18-6-4-5-10-23-18/h4-10,12,14H,3,11,13H2,1-2H3,(H,24,30). The van der Waals surface area contributed by atoms with Crippen LogP contribution in [0.4, 0.5) is 0 Å². The molecule has 4 aromatic rings. The van der Waals surface area contributed by atoms with Gasteiger partial charge in [0, 0.05) is 37.4 Å². The zero-order valence-corrected chi connectivity index (χ0v) is 16.9. The molecule has 4 rings (SSSR count). The van der Waals surface area contributed by atoms with Crippen LogP contribution in [0.1, 0.15) is 23.0 Å². The largest absolute Gasteiger partial charge is 0.350 e. The van der Waals surface area contributed by atoms with E-state index >= 15 is 0 Å². The Kier molecular flexibility index (Phi) is 5.38. The van der Waals surface area contributed by atoms with Crippen LogP contribution in [0, 0.1) is 6.92 Å². The van der Waals surface area contributed by atoms with E-state index in [9.17, 15) is 9.59 Å². The molecule has 8 heteroatoms. The first-order chi connectivity index (χ1) is 14.6. The Bertz CT molecular complexity index is 1260. The van der Waals surface area contributed by atoms with Crippen LogP contribution in [-0.2, 0) is 13.1 Å². The summed E-state index contributed by atoms with van der Waals surface area (Å²) in [5, 5.41) is 7.73. The van der Waals surface area contributed by atoms with Crippen molar-refractivity contribution >= 4 is 16.9 Å². The first-order valence-electron chi connectivity index (χ1n) is 9.80. The predicted molar refractivity (Wildman–Crippen MR) is 114 cm³/mol. The Labute approximate surface area is 173 Å². The number of hydrogen-bond donors (Lipinski definition) is 1. The highest BCUT2D eigenvalue weighted by Crippen LogP contribution is 2.13. The van der Waals surface area contributed by atoms with E-state index in [2.05, 4.69) is 20.4 Å². The second-order valence-corrected chi connectivity index (χ2v) is 6.92. The predicted octanol–water partition coefficient (Wildman–Crippen LogP) is 2.41. The average molecular weight is 402 g/mol. The summed E-state index contributed by atoms with van der Waals surface area (Å²) in [6, 6.07) is 11.0. The normalized spacial score (nSPS) is 11.0. The van der Waals surface area contributed by atoms with Crippen molar-refractivity contribution in [3.63, 3.8) is 0 Å². The minimum atomic E-state index is -0.401. The molecule has 0 saturated heterocycles. The monoisotopic (exact) mass is 402 g/mol. The molecule has 0 unspecified atom stereocenters. The van der Waals surface area contributed by atoms with Gasteiger partial charge < -0.3 is 9.88 Å². The van der Waals surface area contributed by atoms with Crippen molar-refractivity contribution < 1.29 is 4.79 Å². The van der Waals surface area contributed by atoms with Crippen molar-refractivity contribution in [1.82, 2.24) is 29.6 Å². The summed E-state index contributed by atoms with van der Waals surface area (Å²) in [7, 11) is 0.